The van der Waals surface area contributed by atoms with Crippen LogP contribution in [-0.2, 0) is 6.42 Å². The summed E-state index contributed by atoms with van der Waals surface area (Å²) in [7, 11) is 0. The first kappa shape index (κ1) is 8.18. The summed E-state index contributed by atoms with van der Waals surface area (Å²) in [5.41, 5.74) is 0.434. The van der Waals surface area contributed by atoms with Crippen LogP contribution < -0.4 is 0 Å². The predicted octanol–water partition coefficient (Wildman–Crippen LogP) is 2.72. The summed E-state index contributed by atoms with van der Waals surface area (Å²) >= 11 is 0. The molecule has 0 aromatic heterocycles. The minimum Gasteiger partial charge on any atom is -0.203 e. The molecule has 0 aliphatic heterocycles. The Morgan fingerprint density at radius 3 is 2.82 bits per heavy atom. The van der Waals surface area contributed by atoms with E-state index in [2.05, 4.69) is 6.07 Å². The van der Waals surface area contributed by atoms with Gasteiger partial charge in [-0.15, -0.1) is 0 Å². The molecule has 2 heteroatoms. The predicted molar refractivity (Wildman–Crippen MR) is 39.2 cm³/mol. The molecule has 11 heavy (non-hydrogen) atoms. The van der Waals surface area contributed by atoms with Gasteiger partial charge >= 0.3 is 0 Å². The minimum atomic E-state index is -0.879. The largest absolute Gasteiger partial charge is 0.203 e. The van der Waals surface area contributed by atoms with E-state index in [4.69, 9.17) is 0 Å². The highest BCUT2D eigenvalue weighted by atomic mass is 19.2. The van der Waals surface area contributed by atoms with Crippen LogP contribution in [0.1, 0.15) is 18.9 Å². The van der Waals surface area contributed by atoms with E-state index < -0.39 is 11.6 Å². The van der Waals surface area contributed by atoms with Gasteiger partial charge in [0.2, 0.25) is 0 Å². The number of halogens is 2. The fourth-order valence-corrected chi connectivity index (χ4v) is 0.955. The molecule has 0 amide bonds. The fourth-order valence-electron chi connectivity index (χ4n) is 0.955. The van der Waals surface area contributed by atoms with Crippen molar-refractivity contribution in [3.8, 4) is 0 Å². The lowest BCUT2D eigenvalue weighted by Gasteiger charge is -1.99. The third kappa shape index (κ3) is 1.76. The van der Waals surface area contributed by atoms with Gasteiger partial charge in [-0.25, -0.2) is 8.78 Å². The minimum absolute atomic E-state index is 0.434. The molecule has 0 saturated heterocycles. The summed E-state index contributed by atoms with van der Waals surface area (Å²) in [5.74, 6) is -1.63. The lowest BCUT2D eigenvalue weighted by molar-refractivity contribution is 0.496. The van der Waals surface area contributed by atoms with Crippen molar-refractivity contribution in [3.63, 3.8) is 0 Å². The van der Waals surface area contributed by atoms with Crippen LogP contribution in [0.4, 0.5) is 8.78 Å². The third-order valence-electron chi connectivity index (χ3n) is 1.49. The highest BCUT2D eigenvalue weighted by Crippen LogP contribution is 2.11. The van der Waals surface area contributed by atoms with Crippen LogP contribution in [0.15, 0.2) is 12.1 Å². The third-order valence-corrected chi connectivity index (χ3v) is 1.49. The standard InChI is InChI=1S/C9H9F2/c1-2-4-7-5-3-6-8(10)9(7)11/h3,5H,2,4H2,1H3. The molecule has 1 rings (SSSR count). The van der Waals surface area contributed by atoms with Crippen molar-refractivity contribution in [3.05, 3.63) is 35.4 Å². The SMILES string of the molecule is CCCc1cc[c]c(F)c1F. The van der Waals surface area contributed by atoms with Crippen molar-refractivity contribution < 1.29 is 8.78 Å². The van der Waals surface area contributed by atoms with E-state index in [-0.39, 0.29) is 0 Å². The molecule has 1 aromatic rings. The molecule has 0 bridgehead atoms. The van der Waals surface area contributed by atoms with Crippen LogP contribution >= 0.6 is 0 Å². The molecule has 1 aromatic carbocycles. The van der Waals surface area contributed by atoms with Crippen molar-refractivity contribution in [2.75, 3.05) is 0 Å². The Hall–Kier alpha value is -0.920. The van der Waals surface area contributed by atoms with Crippen molar-refractivity contribution in [2.24, 2.45) is 0 Å². The number of benzene rings is 1. The quantitative estimate of drug-likeness (QED) is 0.616. The van der Waals surface area contributed by atoms with Crippen LogP contribution in [0, 0.1) is 17.7 Å². The summed E-state index contributed by atoms with van der Waals surface area (Å²) in [6.07, 6.45) is 1.40. The van der Waals surface area contributed by atoms with E-state index in [0.717, 1.165) is 6.42 Å². The van der Waals surface area contributed by atoms with Gasteiger partial charge in [-0.2, -0.15) is 0 Å². The van der Waals surface area contributed by atoms with Gasteiger partial charge in [0, 0.05) is 6.07 Å². The van der Waals surface area contributed by atoms with Gasteiger partial charge in [0.05, 0.1) is 0 Å². The van der Waals surface area contributed by atoms with E-state index >= 15 is 0 Å². The normalized spacial score (nSPS) is 10.1. The van der Waals surface area contributed by atoms with Crippen LogP contribution in [0.2, 0.25) is 0 Å². The van der Waals surface area contributed by atoms with Crippen molar-refractivity contribution in [1.82, 2.24) is 0 Å². The molecule has 0 fully saturated rings. The molecule has 0 nitrogen and oxygen atoms in total. The maximum atomic E-state index is 12.8. The Labute approximate surface area is 64.9 Å². The second-order valence-electron chi connectivity index (χ2n) is 2.38. The van der Waals surface area contributed by atoms with E-state index in [1.807, 2.05) is 6.92 Å². The molecular formula is C9H9F2. The maximum absolute atomic E-state index is 12.8. The number of hydrogen-bond donors (Lipinski definition) is 0. The molecule has 1 radical (unpaired) electrons. The molecular weight excluding hydrogens is 146 g/mol. The highest BCUT2D eigenvalue weighted by molar-refractivity contribution is 5.17. The first-order chi connectivity index (χ1) is 5.25. The Kier molecular flexibility index (Phi) is 2.58. The average molecular weight is 155 g/mol. The zero-order valence-corrected chi connectivity index (χ0v) is 6.32. The maximum Gasteiger partial charge on any atom is 0.167 e. The van der Waals surface area contributed by atoms with Crippen LogP contribution in [0.25, 0.3) is 0 Å². The summed E-state index contributed by atoms with van der Waals surface area (Å²) in [4.78, 5) is 0. The zero-order chi connectivity index (χ0) is 8.27. The van der Waals surface area contributed by atoms with E-state index in [0.29, 0.717) is 12.0 Å². The molecule has 0 aliphatic rings. The van der Waals surface area contributed by atoms with E-state index in [1.54, 1.807) is 6.07 Å². The smallest absolute Gasteiger partial charge is 0.167 e. The Bertz CT molecular complexity index is 243. The van der Waals surface area contributed by atoms with Gasteiger partial charge in [-0.05, 0) is 12.0 Å². The van der Waals surface area contributed by atoms with Gasteiger partial charge in [0.25, 0.3) is 0 Å². The average Bonchev–Trinajstić information content (AvgIpc) is 1.99. The Morgan fingerprint density at radius 2 is 2.18 bits per heavy atom. The lowest BCUT2D eigenvalue weighted by Crippen LogP contribution is -1.92. The molecule has 59 valence electrons. The van der Waals surface area contributed by atoms with E-state index in [1.165, 1.54) is 6.07 Å². The van der Waals surface area contributed by atoms with Crippen molar-refractivity contribution in [2.45, 2.75) is 19.8 Å². The van der Waals surface area contributed by atoms with Gasteiger partial charge in [-0.1, -0.05) is 25.5 Å². The second kappa shape index (κ2) is 3.46. The molecule has 0 spiro atoms. The Balaban J connectivity index is 2.96. The first-order valence-electron chi connectivity index (χ1n) is 3.60. The van der Waals surface area contributed by atoms with Crippen molar-refractivity contribution in [1.29, 1.82) is 0 Å². The van der Waals surface area contributed by atoms with Gasteiger partial charge in [-0.3, -0.25) is 0 Å². The molecule has 0 heterocycles. The molecule has 0 atom stereocenters. The van der Waals surface area contributed by atoms with E-state index in [9.17, 15) is 8.78 Å². The second-order valence-corrected chi connectivity index (χ2v) is 2.38. The number of rotatable bonds is 2. The zero-order valence-electron chi connectivity index (χ0n) is 6.32. The van der Waals surface area contributed by atoms with Crippen LogP contribution in [-0.4, -0.2) is 0 Å². The molecule has 0 aliphatic carbocycles. The van der Waals surface area contributed by atoms with Crippen molar-refractivity contribution >= 4 is 0 Å². The lowest BCUT2D eigenvalue weighted by atomic mass is 10.1. The summed E-state index contributed by atoms with van der Waals surface area (Å²) in [6, 6.07) is 5.12. The first-order valence-corrected chi connectivity index (χ1v) is 3.60. The molecule has 0 N–H and O–H groups in total. The summed E-state index contributed by atoms with van der Waals surface area (Å²) in [6.45, 7) is 1.92. The van der Waals surface area contributed by atoms with Gasteiger partial charge in [0.15, 0.2) is 11.6 Å². The van der Waals surface area contributed by atoms with Crippen LogP contribution in [0.5, 0.6) is 0 Å². The summed E-state index contributed by atoms with van der Waals surface area (Å²) in [5, 5.41) is 0. The number of aryl methyl sites for hydroxylation is 1. The highest BCUT2D eigenvalue weighted by Gasteiger charge is 2.05. The van der Waals surface area contributed by atoms with Crippen LogP contribution in [0.3, 0.4) is 0 Å². The molecule has 0 saturated carbocycles. The summed E-state index contributed by atoms with van der Waals surface area (Å²) < 4.78 is 25.3. The van der Waals surface area contributed by atoms with Gasteiger partial charge in [0.1, 0.15) is 0 Å². The van der Waals surface area contributed by atoms with Gasteiger partial charge < -0.3 is 0 Å². The molecule has 0 unspecified atom stereocenters. The monoisotopic (exact) mass is 155 g/mol. The topological polar surface area (TPSA) is 0 Å². The fraction of sp³-hybridized carbons (Fsp3) is 0.333. The number of hydrogen-bond acceptors (Lipinski definition) is 0. The Morgan fingerprint density at radius 1 is 1.45 bits per heavy atom.